The Morgan fingerprint density at radius 2 is 1.37 bits per heavy atom. The predicted octanol–water partition coefficient (Wildman–Crippen LogP) is 6.10. The summed E-state index contributed by atoms with van der Waals surface area (Å²) in [6.07, 6.45) is -15.0. The summed E-state index contributed by atoms with van der Waals surface area (Å²) in [4.78, 5) is 62.4. The molecule has 2 bridgehead atoms. The van der Waals surface area contributed by atoms with Crippen molar-refractivity contribution < 1.29 is 82.4 Å². The second-order valence-electron chi connectivity index (χ2n) is 21.0. The van der Waals surface area contributed by atoms with Gasteiger partial charge < -0.3 is 40.2 Å². The number of carbonyl (C=O) groups is 4. The number of aromatic nitrogens is 3. The number of aliphatic hydroxyl groups excluding tert-OH is 1. The molecular weight excluding hydrogens is 1090 g/mol. The van der Waals surface area contributed by atoms with Gasteiger partial charge in [-0.1, -0.05) is 24.0 Å². The maximum absolute atomic E-state index is 16.1. The first kappa shape index (κ1) is 61.4. The number of pyridine rings is 1. The van der Waals surface area contributed by atoms with E-state index in [1.165, 1.54) is 18.2 Å². The first-order valence-electron chi connectivity index (χ1n) is 25.3. The Hall–Kier alpha value is -7.22. The van der Waals surface area contributed by atoms with E-state index in [1.807, 2.05) is 22.9 Å². The lowest BCUT2D eigenvalue weighted by molar-refractivity contribution is -0.221. The number of piperazine rings is 1. The number of alkyl carbamates (subject to hydrolysis) is 2. The van der Waals surface area contributed by atoms with Crippen molar-refractivity contribution in [1.82, 2.24) is 46.0 Å². The van der Waals surface area contributed by atoms with E-state index < -0.39 is 121 Å². The van der Waals surface area contributed by atoms with Crippen LogP contribution in [-0.4, -0.2) is 162 Å². The van der Waals surface area contributed by atoms with Gasteiger partial charge in [0.05, 0.1) is 62.1 Å². The second kappa shape index (κ2) is 24.9. The van der Waals surface area contributed by atoms with Crippen LogP contribution >= 0.6 is 0 Å². The molecule has 2 aromatic heterocycles. The van der Waals surface area contributed by atoms with Gasteiger partial charge in [-0.2, -0.15) is 31.4 Å². The van der Waals surface area contributed by atoms with E-state index in [9.17, 15) is 59.4 Å². The molecule has 5 N–H and O–H groups in total. The average Bonchev–Trinajstić information content (AvgIpc) is 4.37. The van der Waals surface area contributed by atoms with Gasteiger partial charge in [-0.05, 0) is 88.6 Å². The molecule has 3 aliphatic heterocycles. The monoisotopic (exact) mass is 1150 g/mol. The Morgan fingerprint density at radius 3 is 1.88 bits per heavy atom. The molecule has 3 aliphatic rings. The number of halogens is 10. The number of alkyl halides is 8. The first-order valence-corrected chi connectivity index (χ1v) is 25.3. The molecule has 0 saturated carbocycles. The molecule has 3 fully saturated rings. The van der Waals surface area contributed by atoms with Crippen LogP contribution in [0.25, 0.3) is 11.3 Å². The molecular formula is C53H60F10N10O8. The van der Waals surface area contributed by atoms with Gasteiger partial charge in [0.2, 0.25) is 5.91 Å². The number of aliphatic hydroxyl groups is 1. The van der Waals surface area contributed by atoms with Gasteiger partial charge in [-0.25, -0.2) is 37.1 Å². The second-order valence-corrected chi connectivity index (χ2v) is 21.0. The van der Waals surface area contributed by atoms with Crippen LogP contribution < -0.4 is 26.3 Å². The first-order chi connectivity index (χ1) is 38.0. The zero-order chi connectivity index (χ0) is 59.4. The molecule has 18 nitrogen and oxygen atoms in total. The lowest BCUT2D eigenvalue weighted by atomic mass is 9.82. The van der Waals surface area contributed by atoms with Gasteiger partial charge >= 0.3 is 24.5 Å². The third-order valence-corrected chi connectivity index (χ3v) is 14.7. The number of hydrazine groups is 1. The van der Waals surface area contributed by atoms with Gasteiger partial charge in [0.1, 0.15) is 36.1 Å². The van der Waals surface area contributed by atoms with Crippen molar-refractivity contribution in [2.24, 2.45) is 10.8 Å². The van der Waals surface area contributed by atoms with E-state index in [2.05, 4.69) is 46.5 Å². The number of benzene rings is 2. The van der Waals surface area contributed by atoms with E-state index in [-0.39, 0.29) is 16.8 Å². The summed E-state index contributed by atoms with van der Waals surface area (Å²) in [5.74, 6) is 0.889. The Bertz CT molecular complexity index is 2920. The number of ether oxygens (including phenoxy) is 3. The van der Waals surface area contributed by atoms with E-state index >= 15 is 8.78 Å². The number of likely N-dealkylation sites (tertiary alicyclic amines) is 1. The molecule has 0 unspecified atom stereocenters. The van der Waals surface area contributed by atoms with Crippen LogP contribution in [0.1, 0.15) is 56.4 Å². The van der Waals surface area contributed by atoms with E-state index in [1.54, 1.807) is 23.6 Å². The van der Waals surface area contributed by atoms with Crippen molar-refractivity contribution >= 4 is 29.8 Å². The summed E-state index contributed by atoms with van der Waals surface area (Å²) in [7, 11) is 1.61. The van der Waals surface area contributed by atoms with Crippen molar-refractivity contribution in [3.63, 3.8) is 0 Å². The lowest BCUT2D eigenvalue weighted by Gasteiger charge is -2.42. The average molecular weight is 1160 g/mol. The maximum Gasteiger partial charge on any atom is 0.407 e. The van der Waals surface area contributed by atoms with Gasteiger partial charge in [-0.3, -0.25) is 24.6 Å². The predicted molar refractivity (Wildman–Crippen MR) is 270 cm³/mol. The molecule has 3 saturated heterocycles. The largest absolute Gasteiger partial charge is 0.453 e. The number of carbonyl (C=O) groups excluding carboxylic acids is 4. The summed E-state index contributed by atoms with van der Waals surface area (Å²) in [5, 5.41) is 22.4. The van der Waals surface area contributed by atoms with Crippen LogP contribution in [0.4, 0.5) is 59.3 Å². The fourth-order valence-electron chi connectivity index (χ4n) is 9.54. The molecule has 0 spiro atoms. The van der Waals surface area contributed by atoms with Crippen LogP contribution in [0.2, 0.25) is 0 Å². The normalized spacial score (nSPS) is 18.3. The summed E-state index contributed by atoms with van der Waals surface area (Å²) in [6, 6.07) is 6.88. The summed E-state index contributed by atoms with van der Waals surface area (Å²) >= 11 is 0. The van der Waals surface area contributed by atoms with Gasteiger partial charge in [-0.15, -0.1) is 0 Å². The molecule has 6 atom stereocenters. The Morgan fingerprint density at radius 1 is 0.790 bits per heavy atom. The number of nitrogens with one attached hydrogen (secondary N) is 4. The molecule has 2 aromatic carbocycles. The fraction of sp³-hybridized carbons (Fsp3) is 0.509. The van der Waals surface area contributed by atoms with Crippen LogP contribution in [0.15, 0.2) is 67.0 Å². The van der Waals surface area contributed by atoms with Crippen molar-refractivity contribution in [3.8, 4) is 23.1 Å². The minimum absolute atomic E-state index is 0.155. The highest BCUT2D eigenvalue weighted by atomic mass is 19.4. The third-order valence-electron chi connectivity index (χ3n) is 14.7. The van der Waals surface area contributed by atoms with Gasteiger partial charge in [0.15, 0.2) is 0 Å². The molecule has 81 heavy (non-hydrogen) atoms. The zero-order valence-electron chi connectivity index (χ0n) is 44.6. The smallest absolute Gasteiger partial charge is 0.407 e. The number of nitrogens with zero attached hydrogens (tertiary/aromatic N) is 6. The van der Waals surface area contributed by atoms with E-state index in [4.69, 9.17) is 4.74 Å². The number of fused-ring (bicyclic) bond motifs is 2. The molecule has 0 aliphatic carbocycles. The summed E-state index contributed by atoms with van der Waals surface area (Å²) < 4.78 is 161. The molecule has 4 amide bonds. The summed E-state index contributed by atoms with van der Waals surface area (Å²) in [6.45, 7) is 2.46. The number of hydrogen-bond donors (Lipinski definition) is 5. The van der Waals surface area contributed by atoms with E-state index in [0.717, 1.165) is 75.8 Å². The zero-order valence-corrected chi connectivity index (χ0v) is 44.6. The topological polar surface area (TPSA) is 205 Å². The number of hydrogen-bond acceptors (Lipinski definition) is 13. The molecule has 440 valence electrons. The van der Waals surface area contributed by atoms with Crippen molar-refractivity contribution in [2.45, 2.75) is 115 Å². The van der Waals surface area contributed by atoms with Crippen molar-refractivity contribution in [3.05, 3.63) is 101 Å². The fourth-order valence-corrected chi connectivity index (χ4v) is 9.54. The standard InChI is InChI=1S/C53H60F10N10O8/c1-50(2,52(58,59)60)44(66-48(77)79-5)46(75)65-40(17-30-10-7-29(8-11-30)9-12-31-13-14-43(64-21-31)73-23-33-20-34(73)22-72(33)35-27-81-28-35)41(74)25-71(69-47(76)45(67-49(78)80-6)51(3,4)53(61,62)63)24-36-37(54)18-32(19-38(36)55)39-15-16-70(68-39)26-42(56)57/h7-8,10-11,13-16,18-19,21,33-35,40-42,44-45,74H,17,20,22-28H2,1-6H3,(H,65,75)(H,66,77)(H,67,78)(H,69,76)/t33-,34-,40-,41-,44+,45+/m0/s1. The molecule has 28 heteroatoms. The highest BCUT2D eigenvalue weighted by Crippen LogP contribution is 2.42. The van der Waals surface area contributed by atoms with Gasteiger partial charge in [0.25, 0.3) is 12.3 Å². The molecule has 7 rings (SSSR count). The Labute approximate surface area is 458 Å². The molecule has 0 radical (unpaired) electrons. The minimum Gasteiger partial charge on any atom is -0.453 e. The molecule has 5 heterocycles. The maximum atomic E-state index is 16.1. The number of anilines is 1. The van der Waals surface area contributed by atoms with Crippen LogP contribution in [-0.2, 0) is 43.3 Å². The van der Waals surface area contributed by atoms with E-state index in [0.29, 0.717) is 62.0 Å². The number of rotatable bonds is 20. The van der Waals surface area contributed by atoms with Crippen LogP contribution in [0.3, 0.4) is 0 Å². The number of methoxy groups -OCH3 is 2. The Kier molecular flexibility index (Phi) is 18.9. The van der Waals surface area contributed by atoms with Crippen LogP contribution in [0.5, 0.6) is 0 Å². The van der Waals surface area contributed by atoms with Crippen molar-refractivity contribution in [1.29, 1.82) is 0 Å². The highest BCUT2D eigenvalue weighted by Gasteiger charge is 2.57. The summed E-state index contributed by atoms with van der Waals surface area (Å²) in [5.41, 5.74) is -4.09. The van der Waals surface area contributed by atoms with Crippen LogP contribution in [0, 0.1) is 34.3 Å². The quantitative estimate of drug-likeness (QED) is 0.0386. The Balaban J connectivity index is 1.18. The highest BCUT2D eigenvalue weighted by molar-refractivity contribution is 5.87. The number of amides is 4. The SMILES string of the molecule is COC(=O)N[C@H](C(=O)N[C@@H](Cc1ccc(C#Cc2ccc(N3C[C@@H]4C[C@H]3CN4C3COC3)nc2)cc1)[C@@H](O)CN(Cc1c(F)cc(-c2ccn(CC(F)F)n2)cc1F)NC(=O)[C@@H](NC(=O)OC)C(C)(C)C(F)(F)F)C(C)(C)C(F)(F)F. The third kappa shape index (κ3) is 14.5. The lowest BCUT2D eigenvalue weighted by Crippen LogP contribution is -2.63. The minimum atomic E-state index is -5.23. The van der Waals surface area contributed by atoms with Gasteiger partial charge in [0, 0.05) is 72.9 Å². The van der Waals surface area contributed by atoms with Crippen molar-refractivity contribution in [2.75, 3.05) is 52.0 Å². The molecule has 4 aromatic rings.